The van der Waals surface area contributed by atoms with Crippen LogP contribution in [0.15, 0.2) is 0 Å². The van der Waals surface area contributed by atoms with E-state index < -0.39 is 0 Å². The Morgan fingerprint density at radius 3 is 2.31 bits per heavy atom. The molecule has 2 rings (SSSR count). The van der Waals surface area contributed by atoms with Crippen molar-refractivity contribution in [2.45, 2.75) is 47.1 Å². The minimum Gasteiger partial charge on any atom is -0.507 e. The van der Waals surface area contributed by atoms with E-state index in [1.165, 1.54) is 5.56 Å². The second-order valence-electron chi connectivity index (χ2n) is 5.14. The van der Waals surface area contributed by atoms with E-state index in [-0.39, 0.29) is 6.10 Å². The number of fused-ring (bicyclic) bond motifs is 1. The van der Waals surface area contributed by atoms with E-state index in [9.17, 15) is 5.11 Å². The highest BCUT2D eigenvalue weighted by Crippen LogP contribution is 2.42. The Kier molecular flexibility index (Phi) is 2.61. The Labute approximate surface area is 97.3 Å². The maximum absolute atomic E-state index is 10.0. The molecule has 2 nitrogen and oxygen atoms in total. The van der Waals surface area contributed by atoms with Crippen LogP contribution >= 0.6 is 0 Å². The first-order valence-electron chi connectivity index (χ1n) is 5.91. The number of hydrogen-bond acceptors (Lipinski definition) is 2. The van der Waals surface area contributed by atoms with Gasteiger partial charge in [-0.25, -0.2) is 0 Å². The summed E-state index contributed by atoms with van der Waals surface area (Å²) in [6, 6.07) is 0. The Hall–Kier alpha value is -1.18. The number of rotatable bonds is 1. The molecule has 1 aromatic rings. The molecule has 1 atom stereocenters. The van der Waals surface area contributed by atoms with Crippen LogP contribution < -0.4 is 4.74 Å². The van der Waals surface area contributed by atoms with Crippen molar-refractivity contribution in [3.8, 4) is 11.5 Å². The molecule has 0 bridgehead atoms. The maximum Gasteiger partial charge on any atom is 0.126 e. The zero-order valence-electron chi connectivity index (χ0n) is 10.7. The van der Waals surface area contributed by atoms with Crippen LogP contribution in [-0.4, -0.2) is 11.2 Å². The molecule has 0 saturated carbocycles. The van der Waals surface area contributed by atoms with Crippen LogP contribution in [0.25, 0.3) is 0 Å². The summed E-state index contributed by atoms with van der Waals surface area (Å²) in [5.41, 5.74) is 4.21. The third-order valence-electron chi connectivity index (χ3n) is 3.76. The van der Waals surface area contributed by atoms with Gasteiger partial charge in [0.05, 0.1) is 0 Å². The zero-order chi connectivity index (χ0) is 12.0. The number of hydrogen-bond donors (Lipinski definition) is 1. The number of phenols is 1. The first-order valence-corrected chi connectivity index (χ1v) is 5.91. The van der Waals surface area contributed by atoms with Crippen LogP contribution in [0.2, 0.25) is 0 Å². The van der Waals surface area contributed by atoms with Gasteiger partial charge in [0.1, 0.15) is 17.6 Å². The molecule has 1 aromatic carbocycles. The molecule has 1 N–H and O–H groups in total. The van der Waals surface area contributed by atoms with Gasteiger partial charge in [-0.2, -0.15) is 0 Å². The van der Waals surface area contributed by atoms with Gasteiger partial charge in [-0.15, -0.1) is 0 Å². The summed E-state index contributed by atoms with van der Waals surface area (Å²) >= 11 is 0. The Balaban J connectivity index is 2.53. The molecule has 1 heterocycles. The fraction of sp³-hybridized carbons (Fsp3) is 0.571. The van der Waals surface area contributed by atoms with E-state index in [1.54, 1.807) is 0 Å². The lowest BCUT2D eigenvalue weighted by Crippen LogP contribution is -2.20. The third kappa shape index (κ3) is 1.48. The minimum atomic E-state index is 0.258. The predicted octanol–water partition coefficient (Wildman–Crippen LogP) is 3.28. The van der Waals surface area contributed by atoms with Gasteiger partial charge >= 0.3 is 0 Å². The molecule has 0 spiro atoms. The number of benzene rings is 1. The lowest BCUT2D eigenvalue weighted by molar-refractivity contribution is 0.177. The highest BCUT2D eigenvalue weighted by molar-refractivity contribution is 5.59. The fourth-order valence-electron chi connectivity index (χ4n) is 2.34. The Morgan fingerprint density at radius 2 is 1.75 bits per heavy atom. The lowest BCUT2D eigenvalue weighted by Gasteiger charge is -2.15. The summed E-state index contributed by atoms with van der Waals surface area (Å²) in [4.78, 5) is 0. The van der Waals surface area contributed by atoms with E-state index >= 15 is 0 Å². The summed E-state index contributed by atoms with van der Waals surface area (Å²) in [5.74, 6) is 1.95. The fourth-order valence-corrected chi connectivity index (χ4v) is 2.34. The number of ether oxygens (including phenoxy) is 1. The largest absolute Gasteiger partial charge is 0.507 e. The smallest absolute Gasteiger partial charge is 0.126 e. The molecule has 0 aromatic heterocycles. The number of phenolic OH excluding ortho intramolecular Hbond substituents is 1. The minimum absolute atomic E-state index is 0.258. The molecule has 1 unspecified atom stereocenters. The van der Waals surface area contributed by atoms with Crippen LogP contribution in [0.1, 0.15) is 36.1 Å². The molecule has 0 saturated heterocycles. The first-order chi connectivity index (χ1) is 7.43. The van der Waals surface area contributed by atoms with Gasteiger partial charge in [0.15, 0.2) is 0 Å². The first kappa shape index (κ1) is 11.3. The molecule has 1 aliphatic heterocycles. The normalized spacial score (nSPS) is 18.8. The average Bonchev–Trinajstić information content (AvgIpc) is 2.68. The topological polar surface area (TPSA) is 29.5 Å². The summed E-state index contributed by atoms with van der Waals surface area (Å²) in [5, 5.41) is 10.0. The molecule has 16 heavy (non-hydrogen) atoms. The highest BCUT2D eigenvalue weighted by Gasteiger charge is 2.30. The highest BCUT2D eigenvalue weighted by atomic mass is 16.5. The second-order valence-corrected chi connectivity index (χ2v) is 5.14. The van der Waals surface area contributed by atoms with Gasteiger partial charge in [-0.1, -0.05) is 13.8 Å². The van der Waals surface area contributed by atoms with Gasteiger partial charge in [-0.05, 0) is 43.4 Å². The summed E-state index contributed by atoms with van der Waals surface area (Å²) in [6.45, 7) is 10.3. The molecule has 0 aliphatic carbocycles. The lowest BCUT2D eigenvalue weighted by atomic mass is 9.94. The van der Waals surface area contributed by atoms with Gasteiger partial charge in [0.25, 0.3) is 0 Å². The van der Waals surface area contributed by atoms with E-state index in [4.69, 9.17) is 4.74 Å². The van der Waals surface area contributed by atoms with E-state index in [1.807, 2.05) is 20.8 Å². The van der Waals surface area contributed by atoms with Crippen molar-refractivity contribution in [2.24, 2.45) is 5.92 Å². The molecule has 88 valence electrons. The standard InChI is InChI=1S/C14H20O2/c1-7(2)12-6-11-10(5)13(15)8(3)9(4)14(11)16-12/h7,12,15H,6H2,1-5H3. The molecule has 1 aliphatic rings. The molecular weight excluding hydrogens is 200 g/mol. The van der Waals surface area contributed by atoms with Gasteiger partial charge in [-0.3, -0.25) is 0 Å². The van der Waals surface area contributed by atoms with Crippen LogP contribution in [0.4, 0.5) is 0 Å². The van der Waals surface area contributed by atoms with Crippen molar-refractivity contribution in [3.05, 3.63) is 22.3 Å². The summed E-state index contributed by atoms with van der Waals surface area (Å²) in [6.07, 6.45) is 1.18. The van der Waals surface area contributed by atoms with Crippen LogP contribution in [0.3, 0.4) is 0 Å². The van der Waals surface area contributed by atoms with Crippen molar-refractivity contribution in [1.29, 1.82) is 0 Å². The SMILES string of the molecule is Cc1c(C)c2c(c(C)c1O)CC(C(C)C)O2. The van der Waals surface area contributed by atoms with Crippen molar-refractivity contribution in [1.82, 2.24) is 0 Å². The van der Waals surface area contributed by atoms with E-state index in [0.29, 0.717) is 11.7 Å². The summed E-state index contributed by atoms with van der Waals surface area (Å²) in [7, 11) is 0. The molecule has 0 amide bonds. The van der Waals surface area contributed by atoms with Gasteiger partial charge in [0, 0.05) is 12.0 Å². The van der Waals surface area contributed by atoms with Crippen LogP contribution in [-0.2, 0) is 6.42 Å². The molecule has 0 radical (unpaired) electrons. The average molecular weight is 220 g/mol. The van der Waals surface area contributed by atoms with Crippen molar-refractivity contribution >= 4 is 0 Å². The molecule has 2 heteroatoms. The third-order valence-corrected chi connectivity index (χ3v) is 3.76. The Morgan fingerprint density at radius 1 is 1.12 bits per heavy atom. The number of aromatic hydroxyl groups is 1. The molecular formula is C14H20O2. The van der Waals surface area contributed by atoms with Crippen LogP contribution in [0.5, 0.6) is 11.5 Å². The van der Waals surface area contributed by atoms with Crippen molar-refractivity contribution in [3.63, 3.8) is 0 Å². The second kappa shape index (κ2) is 3.69. The van der Waals surface area contributed by atoms with Gasteiger partial charge < -0.3 is 9.84 Å². The van der Waals surface area contributed by atoms with E-state index in [2.05, 4.69) is 13.8 Å². The quantitative estimate of drug-likeness (QED) is 0.787. The van der Waals surface area contributed by atoms with Crippen LogP contribution in [0, 0.1) is 26.7 Å². The monoisotopic (exact) mass is 220 g/mol. The Bertz CT molecular complexity index is 396. The van der Waals surface area contributed by atoms with Gasteiger partial charge in [0.2, 0.25) is 0 Å². The zero-order valence-corrected chi connectivity index (χ0v) is 10.7. The maximum atomic E-state index is 10.0. The van der Waals surface area contributed by atoms with Crippen molar-refractivity contribution < 1.29 is 9.84 Å². The van der Waals surface area contributed by atoms with Crippen molar-refractivity contribution in [2.75, 3.05) is 0 Å². The predicted molar refractivity (Wildman–Crippen MR) is 65.3 cm³/mol. The van der Waals surface area contributed by atoms with E-state index in [0.717, 1.165) is 28.9 Å². The molecule has 0 fully saturated rings. The summed E-state index contributed by atoms with van der Waals surface area (Å²) < 4.78 is 6.00.